The molecular formula is C10H14N4. The molecule has 1 aromatic rings. The van der Waals surface area contributed by atoms with Gasteiger partial charge in [-0.05, 0) is 25.2 Å². The third kappa shape index (κ3) is 1.35. The van der Waals surface area contributed by atoms with E-state index in [9.17, 15) is 0 Å². The van der Waals surface area contributed by atoms with Crippen molar-refractivity contribution in [2.45, 2.75) is 38.0 Å². The second kappa shape index (κ2) is 2.65. The highest BCUT2D eigenvalue weighted by atomic mass is 15.1. The Balaban J connectivity index is 1.95. The van der Waals surface area contributed by atoms with E-state index in [2.05, 4.69) is 21.9 Å². The second-order valence-corrected chi connectivity index (χ2v) is 4.50. The molecule has 2 aliphatic rings. The maximum Gasteiger partial charge on any atom is 0.223 e. The lowest BCUT2D eigenvalue weighted by atomic mass is 10.3. The van der Waals surface area contributed by atoms with Crippen molar-refractivity contribution in [3.63, 3.8) is 0 Å². The first kappa shape index (κ1) is 8.15. The molecule has 2 fully saturated rings. The molecule has 2 unspecified atom stereocenters. The predicted octanol–water partition coefficient (Wildman–Crippen LogP) is 1.45. The van der Waals surface area contributed by atoms with E-state index in [1.54, 1.807) is 0 Å². The minimum Gasteiger partial charge on any atom is -0.368 e. The van der Waals surface area contributed by atoms with Crippen molar-refractivity contribution >= 4 is 5.95 Å². The zero-order valence-electron chi connectivity index (χ0n) is 8.27. The Morgan fingerprint density at radius 2 is 1.79 bits per heavy atom. The number of hydrogen-bond acceptors (Lipinski definition) is 4. The second-order valence-electron chi connectivity index (χ2n) is 4.50. The molecule has 0 aromatic carbocycles. The summed E-state index contributed by atoms with van der Waals surface area (Å²) in [6, 6.07) is 0. The number of nitrogens with two attached hydrogens (primary N) is 1. The highest BCUT2D eigenvalue weighted by Crippen LogP contribution is 2.46. The fourth-order valence-corrected chi connectivity index (χ4v) is 1.80. The smallest absolute Gasteiger partial charge is 0.223 e. The third-order valence-electron chi connectivity index (χ3n) is 3.07. The Morgan fingerprint density at radius 1 is 1.14 bits per heavy atom. The summed E-state index contributed by atoms with van der Waals surface area (Å²) in [6.07, 6.45) is 3.62. The van der Waals surface area contributed by atoms with E-state index in [-0.39, 0.29) is 0 Å². The molecule has 0 bridgehead atoms. The standard InChI is InChI=1S/C10H14N4/c1-5-4-7(5)9-12-8(6-2-3-6)13-10(11)14-9/h5-7H,2-4H2,1H3,(H2,11,12,13,14). The summed E-state index contributed by atoms with van der Waals surface area (Å²) in [5.41, 5.74) is 5.67. The van der Waals surface area contributed by atoms with Crippen LogP contribution in [-0.4, -0.2) is 15.0 Å². The number of aromatic nitrogens is 3. The summed E-state index contributed by atoms with van der Waals surface area (Å²) < 4.78 is 0. The Kier molecular flexibility index (Phi) is 1.54. The number of nitrogen functional groups attached to an aromatic ring is 1. The van der Waals surface area contributed by atoms with Gasteiger partial charge < -0.3 is 5.73 Å². The van der Waals surface area contributed by atoms with Gasteiger partial charge in [-0.25, -0.2) is 4.98 Å². The maximum absolute atomic E-state index is 5.67. The van der Waals surface area contributed by atoms with E-state index in [0.29, 0.717) is 17.8 Å². The molecule has 0 radical (unpaired) electrons. The Hall–Kier alpha value is -1.19. The van der Waals surface area contributed by atoms with Crippen LogP contribution >= 0.6 is 0 Å². The summed E-state index contributed by atoms with van der Waals surface area (Å²) in [5, 5.41) is 0. The van der Waals surface area contributed by atoms with Crippen LogP contribution in [-0.2, 0) is 0 Å². The lowest BCUT2D eigenvalue weighted by Crippen LogP contribution is -2.06. The van der Waals surface area contributed by atoms with Gasteiger partial charge in [-0.1, -0.05) is 6.92 Å². The van der Waals surface area contributed by atoms with Gasteiger partial charge in [0.15, 0.2) is 0 Å². The average molecular weight is 190 g/mol. The summed E-state index contributed by atoms with van der Waals surface area (Å²) >= 11 is 0. The highest BCUT2D eigenvalue weighted by Gasteiger charge is 2.38. The van der Waals surface area contributed by atoms with Crippen molar-refractivity contribution in [2.75, 3.05) is 5.73 Å². The van der Waals surface area contributed by atoms with Crippen molar-refractivity contribution in [1.82, 2.24) is 15.0 Å². The summed E-state index contributed by atoms with van der Waals surface area (Å²) in [6.45, 7) is 2.22. The number of nitrogens with zero attached hydrogens (tertiary/aromatic N) is 3. The quantitative estimate of drug-likeness (QED) is 0.766. The van der Waals surface area contributed by atoms with Gasteiger partial charge >= 0.3 is 0 Å². The van der Waals surface area contributed by atoms with Crippen LogP contribution in [0, 0.1) is 5.92 Å². The first-order valence-electron chi connectivity index (χ1n) is 5.25. The van der Waals surface area contributed by atoms with Crippen molar-refractivity contribution in [1.29, 1.82) is 0 Å². The van der Waals surface area contributed by atoms with Crippen LogP contribution in [0.4, 0.5) is 5.95 Å². The molecule has 3 rings (SSSR count). The normalized spacial score (nSPS) is 30.4. The zero-order valence-corrected chi connectivity index (χ0v) is 8.27. The maximum atomic E-state index is 5.67. The Labute approximate surface area is 83.0 Å². The average Bonchev–Trinajstić information content (AvgIpc) is 2.96. The van der Waals surface area contributed by atoms with Crippen LogP contribution in [0.25, 0.3) is 0 Å². The van der Waals surface area contributed by atoms with E-state index < -0.39 is 0 Å². The van der Waals surface area contributed by atoms with E-state index in [1.807, 2.05) is 0 Å². The largest absolute Gasteiger partial charge is 0.368 e. The molecular weight excluding hydrogens is 176 g/mol. The van der Waals surface area contributed by atoms with Gasteiger partial charge in [-0.15, -0.1) is 0 Å². The summed E-state index contributed by atoms with van der Waals surface area (Å²) in [4.78, 5) is 12.9. The van der Waals surface area contributed by atoms with Gasteiger partial charge in [0.05, 0.1) is 0 Å². The highest BCUT2D eigenvalue weighted by molar-refractivity contribution is 5.23. The first-order chi connectivity index (χ1) is 6.74. The van der Waals surface area contributed by atoms with Crippen LogP contribution in [0.2, 0.25) is 0 Å². The van der Waals surface area contributed by atoms with Crippen LogP contribution < -0.4 is 5.73 Å². The molecule has 2 N–H and O–H groups in total. The minimum absolute atomic E-state index is 0.399. The molecule has 4 heteroatoms. The van der Waals surface area contributed by atoms with Crippen LogP contribution in [0.3, 0.4) is 0 Å². The van der Waals surface area contributed by atoms with Crippen LogP contribution in [0.1, 0.15) is 49.7 Å². The number of rotatable bonds is 2. The fraction of sp³-hybridized carbons (Fsp3) is 0.700. The van der Waals surface area contributed by atoms with Gasteiger partial charge in [-0.2, -0.15) is 9.97 Å². The van der Waals surface area contributed by atoms with Crippen molar-refractivity contribution in [3.8, 4) is 0 Å². The first-order valence-corrected chi connectivity index (χ1v) is 5.25. The fourth-order valence-electron chi connectivity index (χ4n) is 1.80. The van der Waals surface area contributed by atoms with Crippen LogP contribution in [0.15, 0.2) is 0 Å². The third-order valence-corrected chi connectivity index (χ3v) is 3.07. The van der Waals surface area contributed by atoms with E-state index in [0.717, 1.165) is 17.6 Å². The molecule has 2 aliphatic carbocycles. The topological polar surface area (TPSA) is 64.7 Å². The molecule has 74 valence electrons. The molecule has 2 saturated carbocycles. The molecule has 1 heterocycles. The number of hydrogen-bond donors (Lipinski definition) is 1. The molecule has 0 aliphatic heterocycles. The van der Waals surface area contributed by atoms with Gasteiger partial charge in [0.25, 0.3) is 0 Å². The summed E-state index contributed by atoms with van der Waals surface area (Å²) in [5.74, 6) is 4.07. The molecule has 14 heavy (non-hydrogen) atoms. The number of anilines is 1. The lowest BCUT2D eigenvalue weighted by molar-refractivity contribution is 0.788. The molecule has 0 amide bonds. The molecule has 1 aromatic heterocycles. The van der Waals surface area contributed by atoms with E-state index >= 15 is 0 Å². The molecule has 0 spiro atoms. The minimum atomic E-state index is 0.399. The summed E-state index contributed by atoms with van der Waals surface area (Å²) in [7, 11) is 0. The van der Waals surface area contributed by atoms with E-state index in [1.165, 1.54) is 19.3 Å². The van der Waals surface area contributed by atoms with Crippen molar-refractivity contribution in [3.05, 3.63) is 11.6 Å². The van der Waals surface area contributed by atoms with Gasteiger partial charge in [0, 0.05) is 11.8 Å². The molecule has 2 atom stereocenters. The van der Waals surface area contributed by atoms with Crippen LogP contribution in [0.5, 0.6) is 0 Å². The van der Waals surface area contributed by atoms with Gasteiger partial charge in [0.1, 0.15) is 11.6 Å². The van der Waals surface area contributed by atoms with Gasteiger partial charge in [0.2, 0.25) is 5.95 Å². The lowest BCUT2D eigenvalue weighted by Gasteiger charge is -2.02. The predicted molar refractivity (Wildman–Crippen MR) is 52.7 cm³/mol. The van der Waals surface area contributed by atoms with Crippen molar-refractivity contribution < 1.29 is 0 Å². The van der Waals surface area contributed by atoms with Gasteiger partial charge in [-0.3, -0.25) is 0 Å². The SMILES string of the molecule is CC1CC1c1nc(N)nc(C2CC2)n1. The Morgan fingerprint density at radius 3 is 2.36 bits per heavy atom. The Bertz CT molecular complexity index is 372. The monoisotopic (exact) mass is 190 g/mol. The van der Waals surface area contributed by atoms with Crippen molar-refractivity contribution in [2.24, 2.45) is 5.92 Å². The molecule has 4 nitrogen and oxygen atoms in total. The zero-order chi connectivity index (χ0) is 9.71. The molecule has 0 saturated heterocycles. The van der Waals surface area contributed by atoms with E-state index in [4.69, 9.17) is 5.73 Å².